The second-order valence-corrected chi connectivity index (χ2v) is 8.97. The van der Waals surface area contributed by atoms with Crippen molar-refractivity contribution in [3.05, 3.63) is 99.7 Å². The molecule has 0 radical (unpaired) electrons. The maximum atomic E-state index is 13.2. The highest BCUT2D eigenvalue weighted by molar-refractivity contribution is 6.30. The molecule has 0 aliphatic heterocycles. The SMILES string of the molecule is Cc1c(C(=O)Nc2ccc(-c3nc(-c4cccnc4N)cnc3N)cc2)c(=O)n(-c2cccc(Cl)c2)n1C. The van der Waals surface area contributed by atoms with E-state index in [1.807, 2.05) is 0 Å². The van der Waals surface area contributed by atoms with E-state index in [9.17, 15) is 9.59 Å². The highest BCUT2D eigenvalue weighted by Gasteiger charge is 2.22. The van der Waals surface area contributed by atoms with Gasteiger partial charge in [-0.3, -0.25) is 14.3 Å². The van der Waals surface area contributed by atoms with Gasteiger partial charge in [0.2, 0.25) is 0 Å². The summed E-state index contributed by atoms with van der Waals surface area (Å²) in [5, 5.41) is 3.28. The number of benzene rings is 2. The normalized spacial score (nSPS) is 10.9. The number of hydrogen-bond donors (Lipinski definition) is 3. The van der Waals surface area contributed by atoms with Gasteiger partial charge < -0.3 is 16.8 Å². The number of rotatable bonds is 5. The Morgan fingerprint density at radius 2 is 1.76 bits per heavy atom. The molecule has 0 unspecified atom stereocenters. The van der Waals surface area contributed by atoms with Crippen molar-refractivity contribution < 1.29 is 4.79 Å². The van der Waals surface area contributed by atoms with E-state index in [1.165, 1.54) is 4.68 Å². The molecule has 0 aliphatic carbocycles. The lowest BCUT2D eigenvalue weighted by Gasteiger charge is -2.10. The fourth-order valence-corrected chi connectivity index (χ4v) is 4.33. The monoisotopic (exact) mass is 526 g/mol. The molecule has 0 spiro atoms. The molecular weight excluding hydrogens is 504 g/mol. The van der Waals surface area contributed by atoms with Crippen LogP contribution in [0, 0.1) is 6.92 Å². The molecular formula is C27H23ClN8O2. The Morgan fingerprint density at radius 3 is 2.47 bits per heavy atom. The van der Waals surface area contributed by atoms with Gasteiger partial charge in [-0.25, -0.2) is 19.6 Å². The highest BCUT2D eigenvalue weighted by atomic mass is 35.5. The van der Waals surface area contributed by atoms with Gasteiger partial charge in [-0.1, -0.05) is 29.8 Å². The fraction of sp³-hybridized carbons (Fsp3) is 0.0741. The number of nitrogen functional groups attached to an aromatic ring is 2. The first-order valence-electron chi connectivity index (χ1n) is 11.5. The number of halogens is 1. The third kappa shape index (κ3) is 4.48. The van der Waals surface area contributed by atoms with Gasteiger partial charge in [0, 0.05) is 35.1 Å². The molecule has 0 bridgehead atoms. The molecule has 10 nitrogen and oxygen atoms in total. The van der Waals surface area contributed by atoms with Crippen LogP contribution >= 0.6 is 11.6 Å². The van der Waals surface area contributed by atoms with E-state index in [4.69, 9.17) is 23.1 Å². The number of anilines is 3. The number of aromatic nitrogens is 5. The summed E-state index contributed by atoms with van der Waals surface area (Å²) in [6, 6.07) is 17.4. The summed E-state index contributed by atoms with van der Waals surface area (Å²) in [5.74, 6) is 0.0562. The Bertz CT molecular complexity index is 1740. The van der Waals surface area contributed by atoms with E-state index in [-0.39, 0.29) is 11.4 Å². The van der Waals surface area contributed by atoms with Crippen molar-refractivity contribution >= 4 is 34.8 Å². The standard InChI is InChI=1S/C27H23ClN8O2/c1-15-22(27(38)36(35(15)2)19-6-3-5-17(28)13-19)26(37)33-18-10-8-16(9-11-18)23-25(30)32-14-21(34-23)20-7-4-12-31-24(20)29/h3-14H,1-2H3,(H2,29,31)(H2,30,32)(H,33,37). The topological polar surface area (TPSA) is 147 Å². The predicted octanol–water partition coefficient (Wildman–Crippen LogP) is 4.07. The van der Waals surface area contributed by atoms with E-state index in [0.717, 1.165) is 0 Å². The van der Waals surface area contributed by atoms with Crippen LogP contribution in [0.4, 0.5) is 17.3 Å². The third-order valence-electron chi connectivity index (χ3n) is 6.16. The number of amides is 1. The van der Waals surface area contributed by atoms with Gasteiger partial charge in [-0.05, 0) is 49.4 Å². The Balaban J connectivity index is 1.42. The van der Waals surface area contributed by atoms with Crippen molar-refractivity contribution in [3.63, 3.8) is 0 Å². The minimum absolute atomic E-state index is 0.0356. The third-order valence-corrected chi connectivity index (χ3v) is 6.40. The summed E-state index contributed by atoms with van der Waals surface area (Å²) in [6.45, 7) is 1.71. The molecule has 5 rings (SSSR count). The van der Waals surface area contributed by atoms with Gasteiger partial charge in [0.1, 0.15) is 22.9 Å². The maximum absolute atomic E-state index is 13.2. The van der Waals surface area contributed by atoms with Gasteiger partial charge in [0.15, 0.2) is 0 Å². The maximum Gasteiger partial charge on any atom is 0.284 e. The lowest BCUT2D eigenvalue weighted by atomic mass is 10.1. The second kappa shape index (κ2) is 9.83. The first-order valence-corrected chi connectivity index (χ1v) is 11.9. The van der Waals surface area contributed by atoms with Crippen molar-refractivity contribution in [1.29, 1.82) is 0 Å². The Hall–Kier alpha value is -4.96. The average molecular weight is 527 g/mol. The smallest absolute Gasteiger partial charge is 0.284 e. The molecule has 0 atom stereocenters. The molecule has 190 valence electrons. The Kier molecular flexibility index (Phi) is 6.39. The van der Waals surface area contributed by atoms with Crippen LogP contribution in [-0.2, 0) is 7.05 Å². The first-order chi connectivity index (χ1) is 18.2. The molecule has 0 fully saturated rings. The van der Waals surface area contributed by atoms with Crippen LogP contribution in [0.15, 0.2) is 77.9 Å². The molecule has 2 aromatic carbocycles. The van der Waals surface area contributed by atoms with Crippen LogP contribution in [0.1, 0.15) is 16.1 Å². The molecule has 0 aliphatic rings. The fourth-order valence-electron chi connectivity index (χ4n) is 4.15. The zero-order chi connectivity index (χ0) is 27.0. The lowest BCUT2D eigenvalue weighted by Crippen LogP contribution is -2.25. The number of carbonyl (C=O) groups is 1. The summed E-state index contributed by atoms with van der Waals surface area (Å²) < 4.78 is 3.03. The molecule has 5 N–H and O–H groups in total. The van der Waals surface area contributed by atoms with Crippen molar-refractivity contribution in [1.82, 2.24) is 24.3 Å². The van der Waals surface area contributed by atoms with Crippen LogP contribution in [0.25, 0.3) is 28.2 Å². The summed E-state index contributed by atoms with van der Waals surface area (Å²) >= 11 is 6.10. The van der Waals surface area contributed by atoms with Crippen molar-refractivity contribution in [2.24, 2.45) is 7.05 Å². The van der Waals surface area contributed by atoms with Crippen molar-refractivity contribution in [2.45, 2.75) is 6.92 Å². The molecule has 1 amide bonds. The second-order valence-electron chi connectivity index (χ2n) is 8.54. The molecule has 5 aromatic rings. The van der Waals surface area contributed by atoms with Crippen molar-refractivity contribution in [2.75, 3.05) is 16.8 Å². The van der Waals surface area contributed by atoms with Crippen LogP contribution in [0.2, 0.25) is 5.02 Å². The Morgan fingerprint density at radius 1 is 1.00 bits per heavy atom. The summed E-state index contributed by atoms with van der Waals surface area (Å²) in [4.78, 5) is 39.3. The molecule has 38 heavy (non-hydrogen) atoms. The van der Waals surface area contributed by atoms with Gasteiger partial charge in [0.25, 0.3) is 11.5 Å². The first kappa shape index (κ1) is 24.7. The zero-order valence-electron chi connectivity index (χ0n) is 20.5. The van der Waals surface area contributed by atoms with Crippen LogP contribution in [0.3, 0.4) is 0 Å². The zero-order valence-corrected chi connectivity index (χ0v) is 21.3. The lowest BCUT2D eigenvalue weighted by molar-refractivity contribution is 0.102. The largest absolute Gasteiger partial charge is 0.383 e. The van der Waals surface area contributed by atoms with E-state index in [1.54, 1.807) is 91.7 Å². The number of carbonyl (C=O) groups excluding carboxylic acids is 1. The summed E-state index contributed by atoms with van der Waals surface area (Å²) in [7, 11) is 1.71. The highest BCUT2D eigenvalue weighted by Crippen LogP contribution is 2.28. The number of hydrogen-bond acceptors (Lipinski definition) is 7. The minimum atomic E-state index is -0.523. The number of nitrogens with two attached hydrogens (primary N) is 2. The Labute approximate surface area is 222 Å². The molecule has 11 heteroatoms. The van der Waals surface area contributed by atoms with Crippen LogP contribution < -0.4 is 22.3 Å². The van der Waals surface area contributed by atoms with Crippen molar-refractivity contribution in [3.8, 4) is 28.2 Å². The number of nitrogens with one attached hydrogen (secondary N) is 1. The molecule has 0 saturated carbocycles. The number of nitrogens with zero attached hydrogens (tertiary/aromatic N) is 5. The molecule has 3 aromatic heterocycles. The quantitative estimate of drug-likeness (QED) is 0.312. The van der Waals surface area contributed by atoms with E-state index in [0.29, 0.717) is 50.4 Å². The van der Waals surface area contributed by atoms with Gasteiger partial charge in [-0.2, -0.15) is 0 Å². The molecule has 0 saturated heterocycles. The van der Waals surface area contributed by atoms with Gasteiger partial charge in [-0.15, -0.1) is 0 Å². The van der Waals surface area contributed by atoms with E-state index >= 15 is 0 Å². The van der Waals surface area contributed by atoms with Gasteiger partial charge >= 0.3 is 0 Å². The van der Waals surface area contributed by atoms with E-state index in [2.05, 4.69) is 20.3 Å². The summed E-state index contributed by atoms with van der Waals surface area (Å²) in [6.07, 6.45) is 3.14. The average Bonchev–Trinajstić information content (AvgIpc) is 3.13. The minimum Gasteiger partial charge on any atom is -0.383 e. The predicted molar refractivity (Wildman–Crippen MR) is 148 cm³/mol. The van der Waals surface area contributed by atoms with Gasteiger partial charge in [0.05, 0.1) is 23.3 Å². The molecule has 3 heterocycles. The van der Waals surface area contributed by atoms with E-state index < -0.39 is 11.5 Å². The summed E-state index contributed by atoms with van der Waals surface area (Å²) in [5.41, 5.74) is 15.6. The van der Waals surface area contributed by atoms with Crippen LogP contribution in [0.5, 0.6) is 0 Å². The van der Waals surface area contributed by atoms with Crippen LogP contribution in [-0.4, -0.2) is 30.2 Å². The number of pyridine rings is 1.